The van der Waals surface area contributed by atoms with Crippen molar-refractivity contribution in [3.8, 4) is 0 Å². The summed E-state index contributed by atoms with van der Waals surface area (Å²) in [5.74, 6) is -0.215. The van der Waals surface area contributed by atoms with E-state index in [1.54, 1.807) is 12.1 Å². The van der Waals surface area contributed by atoms with Gasteiger partial charge in [0.15, 0.2) is 0 Å². The average molecular weight is 488 g/mol. The highest BCUT2D eigenvalue weighted by atomic mass is 35.5. The molecule has 0 aromatic heterocycles. The van der Waals surface area contributed by atoms with Gasteiger partial charge < -0.3 is 9.57 Å². The van der Waals surface area contributed by atoms with Gasteiger partial charge in [-0.1, -0.05) is 132 Å². The van der Waals surface area contributed by atoms with E-state index in [-0.39, 0.29) is 5.92 Å². The van der Waals surface area contributed by atoms with Crippen LogP contribution in [0.2, 0.25) is 10.0 Å². The summed E-state index contributed by atoms with van der Waals surface area (Å²) in [6.07, 6.45) is -0.664. The van der Waals surface area contributed by atoms with E-state index in [0.717, 1.165) is 16.7 Å². The molecule has 2 atom stereocenters. The molecule has 0 fully saturated rings. The molecule has 4 aromatic carbocycles. The Morgan fingerprint density at radius 3 is 1.56 bits per heavy atom. The molecule has 170 valence electrons. The molecule has 34 heavy (non-hydrogen) atoms. The van der Waals surface area contributed by atoms with Crippen molar-refractivity contribution in [3.63, 3.8) is 0 Å². The van der Waals surface area contributed by atoms with Crippen LogP contribution in [-0.4, -0.2) is 12.0 Å². The van der Waals surface area contributed by atoms with Gasteiger partial charge in [0.2, 0.25) is 6.29 Å². The molecule has 1 aliphatic rings. The summed E-state index contributed by atoms with van der Waals surface area (Å²) < 4.78 is 6.98. The number of oxime groups is 1. The zero-order valence-electron chi connectivity index (χ0n) is 18.6. The molecule has 0 N–H and O–H groups in total. The number of hydrogen-bond donors (Lipinski definition) is 0. The van der Waals surface area contributed by atoms with Crippen LogP contribution < -0.4 is 0 Å². The summed E-state index contributed by atoms with van der Waals surface area (Å²) in [7, 11) is 0. The predicted molar refractivity (Wildman–Crippen MR) is 137 cm³/mol. The van der Waals surface area contributed by atoms with Crippen LogP contribution >= 0.6 is 23.2 Å². The van der Waals surface area contributed by atoms with E-state index in [2.05, 4.69) is 41.6 Å². The SMILES string of the molecule is CC1C(c2c(Cl)cccc2Cl)=NOC1OC(c1ccccc1)(c1ccccc1)c1ccccc1. The van der Waals surface area contributed by atoms with Crippen molar-refractivity contribution in [1.29, 1.82) is 0 Å². The maximum atomic E-state index is 6.98. The van der Waals surface area contributed by atoms with Gasteiger partial charge in [-0.15, -0.1) is 0 Å². The monoisotopic (exact) mass is 487 g/mol. The summed E-state index contributed by atoms with van der Waals surface area (Å²) >= 11 is 13.0. The highest BCUT2D eigenvalue weighted by Crippen LogP contribution is 2.44. The van der Waals surface area contributed by atoms with Crippen LogP contribution in [0.25, 0.3) is 0 Å². The number of halogens is 2. The van der Waals surface area contributed by atoms with Gasteiger partial charge >= 0.3 is 0 Å². The Hall–Kier alpha value is -3.11. The highest BCUT2D eigenvalue weighted by molar-refractivity contribution is 6.40. The Morgan fingerprint density at radius 2 is 1.12 bits per heavy atom. The average Bonchev–Trinajstić information content (AvgIpc) is 3.23. The summed E-state index contributed by atoms with van der Waals surface area (Å²) in [4.78, 5) is 5.91. The number of nitrogens with zero attached hydrogens (tertiary/aromatic N) is 1. The summed E-state index contributed by atoms with van der Waals surface area (Å²) in [5, 5.41) is 5.44. The van der Waals surface area contributed by atoms with E-state index in [0.29, 0.717) is 21.3 Å². The van der Waals surface area contributed by atoms with Crippen LogP contribution in [0, 0.1) is 5.92 Å². The molecule has 0 radical (unpaired) electrons. The zero-order valence-corrected chi connectivity index (χ0v) is 20.1. The minimum Gasteiger partial charge on any atom is -0.363 e. The molecule has 5 heteroatoms. The van der Waals surface area contributed by atoms with E-state index in [1.807, 2.05) is 67.6 Å². The van der Waals surface area contributed by atoms with Crippen molar-refractivity contribution in [2.45, 2.75) is 18.8 Å². The quantitative estimate of drug-likeness (QED) is 0.261. The maximum absolute atomic E-state index is 6.98. The molecule has 1 heterocycles. The maximum Gasteiger partial charge on any atom is 0.236 e. The summed E-state index contributed by atoms with van der Waals surface area (Å²) in [5.41, 5.74) is 3.41. The molecule has 2 unspecified atom stereocenters. The van der Waals surface area contributed by atoms with Gasteiger partial charge in [0.1, 0.15) is 5.60 Å². The van der Waals surface area contributed by atoms with Crippen LogP contribution in [0.5, 0.6) is 0 Å². The molecule has 0 aliphatic carbocycles. The van der Waals surface area contributed by atoms with Crippen LogP contribution in [-0.2, 0) is 15.2 Å². The third kappa shape index (κ3) is 4.01. The largest absolute Gasteiger partial charge is 0.363 e. The van der Waals surface area contributed by atoms with E-state index in [4.69, 9.17) is 32.8 Å². The van der Waals surface area contributed by atoms with Gasteiger partial charge in [-0.3, -0.25) is 0 Å². The Labute approximate surface area is 209 Å². The van der Waals surface area contributed by atoms with Crippen LogP contribution in [0.4, 0.5) is 0 Å². The lowest BCUT2D eigenvalue weighted by atomic mass is 9.80. The molecule has 0 saturated carbocycles. The predicted octanol–water partition coefficient (Wildman–Crippen LogP) is 7.70. The minimum absolute atomic E-state index is 0.215. The first-order chi connectivity index (χ1) is 16.6. The van der Waals surface area contributed by atoms with Crippen molar-refractivity contribution in [2.24, 2.45) is 11.1 Å². The normalized spacial score (nSPS) is 17.8. The lowest BCUT2D eigenvalue weighted by molar-refractivity contribution is -0.190. The number of ether oxygens (including phenoxy) is 1. The molecule has 0 amide bonds. The second-order valence-corrected chi connectivity index (χ2v) is 9.05. The summed E-state index contributed by atoms with van der Waals surface area (Å²) in [6.45, 7) is 2.02. The van der Waals surface area contributed by atoms with Gasteiger partial charge in [-0.25, -0.2) is 0 Å². The second kappa shape index (κ2) is 9.63. The first kappa shape index (κ1) is 22.7. The van der Waals surface area contributed by atoms with Crippen molar-refractivity contribution in [2.75, 3.05) is 0 Å². The third-order valence-electron chi connectivity index (χ3n) is 6.15. The number of hydrogen-bond acceptors (Lipinski definition) is 3. The number of rotatable bonds is 6. The molecule has 4 aromatic rings. The molecule has 3 nitrogen and oxygen atoms in total. The van der Waals surface area contributed by atoms with Gasteiger partial charge in [-0.2, -0.15) is 0 Å². The molecule has 5 rings (SSSR count). The molecule has 0 bridgehead atoms. The van der Waals surface area contributed by atoms with Crippen molar-refractivity contribution in [1.82, 2.24) is 0 Å². The third-order valence-corrected chi connectivity index (χ3v) is 6.78. The lowest BCUT2D eigenvalue weighted by Crippen LogP contribution is -2.39. The van der Waals surface area contributed by atoms with Crippen LogP contribution in [0.3, 0.4) is 0 Å². The first-order valence-corrected chi connectivity index (χ1v) is 11.9. The van der Waals surface area contributed by atoms with Crippen LogP contribution in [0.15, 0.2) is 114 Å². The molecule has 1 aliphatic heterocycles. The molecule has 0 saturated heterocycles. The standard InChI is InChI=1S/C29H23Cl2NO2/c1-20-27(26-24(30)18-11-19-25(26)31)32-34-28(20)33-29(21-12-5-2-6-13-21,22-14-7-3-8-15-22)23-16-9-4-10-17-23/h2-20,28H,1H3. The highest BCUT2D eigenvalue weighted by Gasteiger charge is 2.45. The van der Waals surface area contributed by atoms with E-state index in [9.17, 15) is 0 Å². The second-order valence-electron chi connectivity index (χ2n) is 8.23. The van der Waals surface area contributed by atoms with Gasteiger partial charge in [-0.05, 0) is 28.8 Å². The first-order valence-electron chi connectivity index (χ1n) is 11.1. The lowest BCUT2D eigenvalue weighted by Gasteiger charge is -2.38. The number of benzene rings is 4. The Kier molecular flexibility index (Phi) is 6.42. The van der Waals surface area contributed by atoms with Gasteiger partial charge in [0, 0.05) is 5.56 Å². The smallest absolute Gasteiger partial charge is 0.236 e. The zero-order chi connectivity index (χ0) is 23.5. The fourth-order valence-corrected chi connectivity index (χ4v) is 5.04. The van der Waals surface area contributed by atoms with Gasteiger partial charge in [0.05, 0.1) is 21.7 Å². The van der Waals surface area contributed by atoms with Crippen molar-refractivity contribution < 1.29 is 9.57 Å². The summed E-state index contributed by atoms with van der Waals surface area (Å²) in [6, 6.07) is 36.0. The Bertz CT molecular complexity index is 1180. The Morgan fingerprint density at radius 1 is 0.676 bits per heavy atom. The van der Waals surface area contributed by atoms with Gasteiger partial charge in [0.25, 0.3) is 0 Å². The van der Waals surface area contributed by atoms with E-state index >= 15 is 0 Å². The fourth-order valence-electron chi connectivity index (χ4n) is 4.45. The van der Waals surface area contributed by atoms with E-state index < -0.39 is 11.9 Å². The molecular weight excluding hydrogens is 465 g/mol. The molecule has 0 spiro atoms. The van der Waals surface area contributed by atoms with Crippen molar-refractivity contribution >= 4 is 28.9 Å². The van der Waals surface area contributed by atoms with Crippen LogP contribution in [0.1, 0.15) is 29.2 Å². The van der Waals surface area contributed by atoms with Crippen molar-refractivity contribution in [3.05, 3.63) is 141 Å². The Balaban J connectivity index is 1.62. The van der Waals surface area contributed by atoms with E-state index in [1.165, 1.54) is 0 Å². The fraction of sp³-hybridized carbons (Fsp3) is 0.138. The minimum atomic E-state index is -0.919. The topological polar surface area (TPSA) is 30.8 Å². The molecular formula is C29H23Cl2NO2.